The normalized spacial score (nSPS) is 20.9. The van der Waals surface area contributed by atoms with Gasteiger partial charge in [-0.25, -0.2) is 0 Å². The van der Waals surface area contributed by atoms with Gasteiger partial charge in [0.25, 0.3) is 0 Å². The van der Waals surface area contributed by atoms with E-state index in [-0.39, 0.29) is 0 Å². The molecule has 1 fully saturated rings. The molecule has 0 saturated carbocycles. The summed E-state index contributed by atoms with van der Waals surface area (Å²) in [5.74, 6) is 0. The van der Waals surface area contributed by atoms with Crippen LogP contribution in [0.3, 0.4) is 0 Å². The van der Waals surface area contributed by atoms with Crippen LogP contribution in [0.15, 0.2) is 0 Å². The highest BCUT2D eigenvalue weighted by molar-refractivity contribution is 4.84. The van der Waals surface area contributed by atoms with E-state index >= 15 is 0 Å². The fourth-order valence-electron chi connectivity index (χ4n) is 3.15. The fraction of sp³-hybridized carbons (Fsp3) is 1.00. The zero-order chi connectivity index (χ0) is 15.2. The van der Waals surface area contributed by atoms with E-state index in [1.807, 2.05) is 0 Å². The molecular formula is C19H38O2. The first kappa shape index (κ1) is 19.0. The van der Waals surface area contributed by atoms with Crippen molar-refractivity contribution in [3.05, 3.63) is 0 Å². The Kier molecular flexibility index (Phi) is 12.3. The van der Waals surface area contributed by atoms with Gasteiger partial charge in [0.05, 0.1) is 12.2 Å². The molecule has 1 aliphatic heterocycles. The number of unbranched alkanes of at least 4 members (excludes halogenated alkanes) is 11. The zero-order valence-corrected chi connectivity index (χ0v) is 14.3. The molecular weight excluding hydrogens is 260 g/mol. The first-order valence-electron chi connectivity index (χ1n) is 9.64. The van der Waals surface area contributed by atoms with Gasteiger partial charge in [0.1, 0.15) is 0 Å². The number of aliphatic hydroxyl groups is 1. The van der Waals surface area contributed by atoms with Crippen LogP contribution < -0.4 is 0 Å². The highest BCUT2D eigenvalue weighted by atomic mass is 16.6. The van der Waals surface area contributed by atoms with Gasteiger partial charge < -0.3 is 9.84 Å². The molecule has 0 amide bonds. The summed E-state index contributed by atoms with van der Waals surface area (Å²) in [7, 11) is 0. The van der Waals surface area contributed by atoms with E-state index in [1.54, 1.807) is 0 Å². The molecule has 0 radical (unpaired) electrons. The Morgan fingerprint density at radius 1 is 0.619 bits per heavy atom. The summed E-state index contributed by atoms with van der Waals surface area (Å²) >= 11 is 0. The second kappa shape index (κ2) is 13.6. The van der Waals surface area contributed by atoms with Gasteiger partial charge in [-0.15, -0.1) is 0 Å². The predicted octanol–water partition coefficient (Wildman–Crippen LogP) is 5.62. The predicted molar refractivity (Wildman–Crippen MR) is 90.7 cm³/mol. The first-order chi connectivity index (χ1) is 10.4. The average Bonchev–Trinajstić information content (AvgIpc) is 3.24. The summed E-state index contributed by atoms with van der Waals surface area (Å²) in [6.45, 7) is 2.63. The van der Waals surface area contributed by atoms with Gasteiger partial charge in [-0.2, -0.15) is 0 Å². The third kappa shape index (κ3) is 11.2. The van der Waals surface area contributed by atoms with E-state index in [2.05, 4.69) is 6.92 Å². The van der Waals surface area contributed by atoms with Crippen LogP contribution in [0.5, 0.6) is 0 Å². The van der Waals surface area contributed by atoms with E-state index in [0.29, 0.717) is 18.8 Å². The van der Waals surface area contributed by atoms with E-state index in [4.69, 9.17) is 9.84 Å². The Balaban J connectivity index is 1.72. The Morgan fingerprint density at radius 2 is 1.05 bits per heavy atom. The van der Waals surface area contributed by atoms with Crippen molar-refractivity contribution >= 4 is 0 Å². The Bertz CT molecular complexity index is 218. The average molecular weight is 299 g/mol. The summed E-state index contributed by atoms with van der Waals surface area (Å²) in [5.41, 5.74) is 0. The smallest absolute Gasteiger partial charge is 0.0841 e. The summed E-state index contributed by atoms with van der Waals surface area (Å²) in [6, 6.07) is 0. The van der Waals surface area contributed by atoms with Crippen molar-refractivity contribution < 1.29 is 9.84 Å². The molecule has 0 bridgehead atoms. The summed E-state index contributed by atoms with van der Waals surface area (Å²) < 4.78 is 5.76. The van der Waals surface area contributed by atoms with Gasteiger partial charge >= 0.3 is 0 Å². The minimum Gasteiger partial charge on any atom is -0.396 e. The molecule has 1 N–H and O–H groups in total. The van der Waals surface area contributed by atoms with E-state index in [0.717, 1.165) is 6.42 Å². The lowest BCUT2D eigenvalue weighted by Gasteiger charge is -2.01. The second-order valence-corrected chi connectivity index (χ2v) is 6.76. The number of rotatable bonds is 16. The SMILES string of the molecule is CCCCCCC1OC1CCCCCCCCCCCO. The van der Waals surface area contributed by atoms with Gasteiger partial charge in [0.15, 0.2) is 0 Å². The lowest BCUT2D eigenvalue weighted by Crippen LogP contribution is -1.94. The van der Waals surface area contributed by atoms with Crippen LogP contribution in [0, 0.1) is 0 Å². The van der Waals surface area contributed by atoms with Crippen molar-refractivity contribution in [1.82, 2.24) is 0 Å². The van der Waals surface area contributed by atoms with Gasteiger partial charge in [0.2, 0.25) is 0 Å². The van der Waals surface area contributed by atoms with Crippen molar-refractivity contribution in [2.75, 3.05) is 6.61 Å². The molecule has 126 valence electrons. The van der Waals surface area contributed by atoms with Crippen molar-refractivity contribution in [2.45, 2.75) is 115 Å². The van der Waals surface area contributed by atoms with Crippen LogP contribution in [0.1, 0.15) is 103 Å². The monoisotopic (exact) mass is 298 g/mol. The van der Waals surface area contributed by atoms with Crippen LogP contribution >= 0.6 is 0 Å². The molecule has 0 aliphatic carbocycles. The highest BCUT2D eigenvalue weighted by Gasteiger charge is 2.36. The first-order valence-corrected chi connectivity index (χ1v) is 9.64. The van der Waals surface area contributed by atoms with Gasteiger partial charge in [-0.05, 0) is 19.3 Å². The van der Waals surface area contributed by atoms with Crippen molar-refractivity contribution in [2.24, 2.45) is 0 Å². The van der Waals surface area contributed by atoms with Crippen LogP contribution in [-0.2, 0) is 4.74 Å². The minimum absolute atomic E-state index is 0.364. The third-order valence-electron chi connectivity index (χ3n) is 4.68. The zero-order valence-electron chi connectivity index (χ0n) is 14.3. The fourth-order valence-corrected chi connectivity index (χ4v) is 3.15. The van der Waals surface area contributed by atoms with Gasteiger partial charge in [0, 0.05) is 6.61 Å². The number of ether oxygens (including phenoxy) is 1. The topological polar surface area (TPSA) is 32.8 Å². The largest absolute Gasteiger partial charge is 0.396 e. The third-order valence-corrected chi connectivity index (χ3v) is 4.68. The van der Waals surface area contributed by atoms with E-state index < -0.39 is 0 Å². The minimum atomic E-state index is 0.364. The quantitative estimate of drug-likeness (QED) is 0.296. The van der Waals surface area contributed by atoms with Crippen LogP contribution in [-0.4, -0.2) is 23.9 Å². The molecule has 1 saturated heterocycles. The molecule has 21 heavy (non-hydrogen) atoms. The van der Waals surface area contributed by atoms with E-state index in [1.165, 1.54) is 89.9 Å². The molecule has 0 aromatic carbocycles. The molecule has 0 spiro atoms. The van der Waals surface area contributed by atoms with Gasteiger partial charge in [-0.1, -0.05) is 84.0 Å². The van der Waals surface area contributed by atoms with E-state index in [9.17, 15) is 0 Å². The summed E-state index contributed by atoms with van der Waals surface area (Å²) in [4.78, 5) is 0. The molecule has 2 nitrogen and oxygen atoms in total. The number of hydrogen-bond acceptors (Lipinski definition) is 2. The second-order valence-electron chi connectivity index (χ2n) is 6.76. The molecule has 0 aromatic rings. The molecule has 2 atom stereocenters. The van der Waals surface area contributed by atoms with Crippen LogP contribution in [0.2, 0.25) is 0 Å². The molecule has 1 aliphatic rings. The maximum absolute atomic E-state index is 8.70. The standard InChI is InChI=1S/C19H38O2/c1-2-3-4-12-15-18-19(21-18)16-13-10-8-6-5-7-9-11-14-17-20/h18-20H,2-17H2,1H3. The number of hydrogen-bond donors (Lipinski definition) is 1. The summed E-state index contributed by atoms with van der Waals surface area (Å²) in [5, 5.41) is 8.70. The van der Waals surface area contributed by atoms with Crippen molar-refractivity contribution in [1.29, 1.82) is 0 Å². The Labute approximate surface area is 132 Å². The molecule has 1 heterocycles. The summed E-state index contributed by atoms with van der Waals surface area (Å²) in [6.07, 6.45) is 21.1. The van der Waals surface area contributed by atoms with Crippen molar-refractivity contribution in [3.8, 4) is 0 Å². The molecule has 2 heteroatoms. The molecule has 1 rings (SSSR count). The maximum Gasteiger partial charge on any atom is 0.0841 e. The Hall–Kier alpha value is -0.0800. The maximum atomic E-state index is 8.70. The highest BCUT2D eigenvalue weighted by Crippen LogP contribution is 2.31. The number of epoxide rings is 1. The lowest BCUT2D eigenvalue weighted by atomic mass is 10.0. The van der Waals surface area contributed by atoms with Crippen molar-refractivity contribution in [3.63, 3.8) is 0 Å². The Morgan fingerprint density at radius 3 is 1.52 bits per heavy atom. The van der Waals surface area contributed by atoms with Gasteiger partial charge in [-0.3, -0.25) is 0 Å². The number of aliphatic hydroxyl groups excluding tert-OH is 1. The van der Waals surface area contributed by atoms with Crippen LogP contribution in [0.4, 0.5) is 0 Å². The lowest BCUT2D eigenvalue weighted by molar-refractivity contribution is 0.282. The molecule has 2 unspecified atom stereocenters. The van der Waals surface area contributed by atoms with Crippen LogP contribution in [0.25, 0.3) is 0 Å². The molecule has 0 aromatic heterocycles.